The molecular weight excluding hydrogens is 317 g/mol. The minimum absolute atomic E-state index is 0.185. The van der Waals surface area contributed by atoms with E-state index in [2.05, 4.69) is 38.4 Å². The average molecular weight is 330 g/mol. The summed E-state index contributed by atoms with van der Waals surface area (Å²) < 4.78 is 13.6. The first-order chi connectivity index (χ1) is 8.61. The highest BCUT2D eigenvalue weighted by Crippen LogP contribution is 2.29. The number of hydrogen-bond donors (Lipinski definition) is 1. The van der Waals surface area contributed by atoms with Crippen molar-refractivity contribution in [1.29, 1.82) is 0 Å². The van der Waals surface area contributed by atoms with Crippen LogP contribution in [0.3, 0.4) is 0 Å². The Labute approximate surface area is 118 Å². The second-order valence-electron chi connectivity index (χ2n) is 3.85. The third-order valence-electron chi connectivity index (χ3n) is 2.49. The molecule has 96 valence electrons. The lowest BCUT2D eigenvalue weighted by Crippen LogP contribution is -2.17. The van der Waals surface area contributed by atoms with Gasteiger partial charge in [-0.3, -0.25) is 0 Å². The summed E-state index contributed by atoms with van der Waals surface area (Å²) in [6.07, 6.45) is 0. The molecule has 0 aliphatic rings. The summed E-state index contributed by atoms with van der Waals surface area (Å²) in [4.78, 5) is 0. The molecule has 1 heterocycles. The number of benzene rings is 1. The van der Waals surface area contributed by atoms with Crippen molar-refractivity contribution in [2.75, 3.05) is 6.54 Å². The Morgan fingerprint density at radius 1 is 1.44 bits per heavy atom. The first-order valence-corrected chi connectivity index (χ1v) is 7.25. The predicted octanol–water partition coefficient (Wildman–Crippen LogP) is 3.78. The molecule has 0 fully saturated rings. The van der Waals surface area contributed by atoms with Gasteiger partial charge in [-0.15, -0.1) is 10.2 Å². The lowest BCUT2D eigenvalue weighted by Gasteiger charge is -2.06. The van der Waals surface area contributed by atoms with Crippen LogP contribution in [0.15, 0.2) is 22.7 Å². The molecule has 1 atom stereocenters. The van der Waals surface area contributed by atoms with Gasteiger partial charge in [-0.05, 0) is 47.6 Å². The van der Waals surface area contributed by atoms with E-state index in [1.807, 2.05) is 6.92 Å². The van der Waals surface area contributed by atoms with Gasteiger partial charge in [0.2, 0.25) is 0 Å². The summed E-state index contributed by atoms with van der Waals surface area (Å²) in [6.45, 7) is 4.99. The van der Waals surface area contributed by atoms with Crippen molar-refractivity contribution in [3.05, 3.63) is 33.5 Å². The van der Waals surface area contributed by atoms with Crippen molar-refractivity contribution in [3.8, 4) is 10.6 Å². The molecule has 0 saturated heterocycles. The van der Waals surface area contributed by atoms with Crippen molar-refractivity contribution < 1.29 is 4.39 Å². The Kier molecular flexibility index (Phi) is 4.42. The molecule has 2 rings (SSSR count). The molecule has 3 nitrogen and oxygen atoms in total. The van der Waals surface area contributed by atoms with Crippen LogP contribution < -0.4 is 5.32 Å². The summed E-state index contributed by atoms with van der Waals surface area (Å²) in [7, 11) is 0. The molecule has 1 aromatic heterocycles. The number of rotatable bonds is 4. The molecular formula is C12H13BrFN3S. The zero-order valence-corrected chi connectivity index (χ0v) is 12.5. The zero-order valence-electron chi connectivity index (χ0n) is 10.1. The summed E-state index contributed by atoms with van der Waals surface area (Å²) in [5.41, 5.74) is 0.871. The van der Waals surface area contributed by atoms with Crippen LogP contribution in [0.5, 0.6) is 0 Å². The van der Waals surface area contributed by atoms with Gasteiger partial charge >= 0.3 is 0 Å². The van der Waals surface area contributed by atoms with Gasteiger partial charge in [0.15, 0.2) is 0 Å². The Morgan fingerprint density at radius 3 is 2.89 bits per heavy atom. The standard InChI is InChI=1S/C12H13BrFN3S/c1-3-15-7(2)11-16-17-12(18-11)8-4-5-10(14)9(13)6-8/h4-7,15H,3H2,1-2H3. The summed E-state index contributed by atoms with van der Waals surface area (Å²) >= 11 is 4.69. The largest absolute Gasteiger partial charge is 0.308 e. The molecule has 0 saturated carbocycles. The lowest BCUT2D eigenvalue weighted by molar-refractivity contribution is 0.590. The molecule has 0 amide bonds. The van der Waals surface area contributed by atoms with Crippen molar-refractivity contribution in [3.63, 3.8) is 0 Å². The molecule has 0 radical (unpaired) electrons. The van der Waals surface area contributed by atoms with Crippen LogP contribution in [-0.2, 0) is 0 Å². The average Bonchev–Trinajstić information content (AvgIpc) is 2.82. The first-order valence-electron chi connectivity index (χ1n) is 5.64. The van der Waals surface area contributed by atoms with Crippen LogP contribution in [-0.4, -0.2) is 16.7 Å². The van der Waals surface area contributed by atoms with Crippen LogP contribution in [0, 0.1) is 5.82 Å². The molecule has 0 aliphatic heterocycles. The van der Waals surface area contributed by atoms with E-state index in [4.69, 9.17) is 0 Å². The fourth-order valence-electron chi connectivity index (χ4n) is 1.55. The third-order valence-corrected chi connectivity index (χ3v) is 4.25. The normalized spacial score (nSPS) is 12.7. The maximum absolute atomic E-state index is 13.2. The van der Waals surface area contributed by atoms with E-state index in [1.165, 1.54) is 17.4 Å². The van der Waals surface area contributed by atoms with Crippen LogP contribution in [0.25, 0.3) is 10.6 Å². The van der Waals surface area contributed by atoms with E-state index in [-0.39, 0.29) is 11.9 Å². The first kappa shape index (κ1) is 13.6. The summed E-state index contributed by atoms with van der Waals surface area (Å²) in [5.74, 6) is -0.274. The van der Waals surface area contributed by atoms with Gasteiger partial charge in [0, 0.05) is 5.56 Å². The van der Waals surface area contributed by atoms with Crippen LogP contribution in [0.2, 0.25) is 0 Å². The van der Waals surface area contributed by atoms with Crippen LogP contribution in [0.1, 0.15) is 24.9 Å². The van der Waals surface area contributed by atoms with E-state index >= 15 is 0 Å². The second-order valence-corrected chi connectivity index (χ2v) is 5.72. The Balaban J connectivity index is 2.26. The molecule has 1 aromatic carbocycles. The SMILES string of the molecule is CCNC(C)c1nnc(-c2ccc(F)c(Br)c2)s1. The van der Waals surface area contributed by atoms with Gasteiger partial charge < -0.3 is 5.32 Å². The van der Waals surface area contributed by atoms with Crippen molar-refractivity contribution in [2.24, 2.45) is 0 Å². The Bertz CT molecular complexity index is 544. The molecule has 6 heteroatoms. The van der Waals surface area contributed by atoms with Gasteiger partial charge in [0.05, 0.1) is 10.5 Å². The number of nitrogens with zero attached hydrogens (tertiary/aromatic N) is 2. The number of halogens is 2. The molecule has 18 heavy (non-hydrogen) atoms. The highest BCUT2D eigenvalue weighted by atomic mass is 79.9. The monoisotopic (exact) mass is 329 g/mol. The van der Waals surface area contributed by atoms with Crippen LogP contribution >= 0.6 is 27.3 Å². The second kappa shape index (κ2) is 5.86. The van der Waals surface area contributed by atoms with E-state index < -0.39 is 0 Å². The Morgan fingerprint density at radius 2 is 2.22 bits per heavy atom. The van der Waals surface area contributed by atoms with Crippen molar-refractivity contribution >= 4 is 27.3 Å². The lowest BCUT2D eigenvalue weighted by atomic mass is 10.2. The summed E-state index contributed by atoms with van der Waals surface area (Å²) in [5, 5.41) is 13.3. The fourth-order valence-corrected chi connectivity index (χ4v) is 2.79. The highest BCUT2D eigenvalue weighted by Gasteiger charge is 2.12. The quantitative estimate of drug-likeness (QED) is 0.927. The van der Waals surface area contributed by atoms with E-state index in [0.29, 0.717) is 4.47 Å². The Hall–Kier alpha value is -0.850. The fraction of sp³-hybridized carbons (Fsp3) is 0.333. The highest BCUT2D eigenvalue weighted by molar-refractivity contribution is 9.10. The van der Waals surface area contributed by atoms with Crippen molar-refractivity contribution in [1.82, 2.24) is 15.5 Å². The van der Waals surface area contributed by atoms with E-state index in [0.717, 1.165) is 22.1 Å². The number of aromatic nitrogens is 2. The van der Waals surface area contributed by atoms with E-state index in [1.54, 1.807) is 12.1 Å². The predicted molar refractivity (Wildman–Crippen MR) is 75.1 cm³/mol. The maximum Gasteiger partial charge on any atom is 0.147 e. The minimum Gasteiger partial charge on any atom is -0.308 e. The van der Waals surface area contributed by atoms with Gasteiger partial charge in [-0.25, -0.2) is 4.39 Å². The molecule has 1 N–H and O–H groups in total. The number of hydrogen-bond acceptors (Lipinski definition) is 4. The van der Waals surface area contributed by atoms with E-state index in [9.17, 15) is 4.39 Å². The van der Waals surface area contributed by atoms with Gasteiger partial charge in [-0.1, -0.05) is 18.3 Å². The molecule has 0 bridgehead atoms. The molecule has 2 aromatic rings. The zero-order chi connectivity index (χ0) is 13.1. The summed E-state index contributed by atoms with van der Waals surface area (Å²) in [6, 6.07) is 5.04. The maximum atomic E-state index is 13.2. The number of nitrogens with one attached hydrogen (secondary N) is 1. The molecule has 0 aliphatic carbocycles. The minimum atomic E-state index is -0.274. The van der Waals surface area contributed by atoms with Gasteiger partial charge in [0.1, 0.15) is 15.8 Å². The van der Waals surface area contributed by atoms with Gasteiger partial charge in [-0.2, -0.15) is 0 Å². The molecule has 0 spiro atoms. The van der Waals surface area contributed by atoms with Crippen molar-refractivity contribution in [2.45, 2.75) is 19.9 Å². The molecule has 1 unspecified atom stereocenters. The van der Waals surface area contributed by atoms with Gasteiger partial charge in [0.25, 0.3) is 0 Å². The topological polar surface area (TPSA) is 37.8 Å². The third kappa shape index (κ3) is 2.93. The van der Waals surface area contributed by atoms with Crippen LogP contribution in [0.4, 0.5) is 4.39 Å². The smallest absolute Gasteiger partial charge is 0.147 e.